The van der Waals surface area contributed by atoms with Crippen molar-refractivity contribution in [3.05, 3.63) is 12.0 Å². The van der Waals surface area contributed by atoms with Crippen molar-refractivity contribution in [1.29, 1.82) is 0 Å². The van der Waals surface area contributed by atoms with E-state index in [9.17, 15) is 23.6 Å². The number of imide groups is 1. The Morgan fingerprint density at radius 3 is 2.43 bits per heavy atom. The van der Waals surface area contributed by atoms with E-state index in [4.69, 9.17) is 5.21 Å². The Bertz CT molecular complexity index is 475. The summed E-state index contributed by atoms with van der Waals surface area (Å²) in [6, 6.07) is 0. The molecule has 21 heavy (non-hydrogen) atoms. The topological polar surface area (TPSA) is 104 Å². The van der Waals surface area contributed by atoms with Gasteiger partial charge in [-0.05, 0) is 12.8 Å². The summed E-state index contributed by atoms with van der Waals surface area (Å²) < 4.78 is 13.1. The molecule has 0 saturated heterocycles. The van der Waals surface area contributed by atoms with Gasteiger partial charge in [0.05, 0.1) is 12.6 Å². The number of allylic oxidation sites excluding steroid dienone is 1. The highest BCUT2D eigenvalue weighted by Gasteiger charge is 2.29. The van der Waals surface area contributed by atoms with Crippen molar-refractivity contribution in [3.8, 4) is 0 Å². The number of carbonyl (C=O) groups excluding carboxylic acids is 4. The summed E-state index contributed by atoms with van der Waals surface area (Å²) in [5, 5.41) is 8.28. The van der Waals surface area contributed by atoms with E-state index in [-0.39, 0.29) is 12.8 Å². The molecule has 0 radical (unpaired) electrons. The van der Waals surface area contributed by atoms with Gasteiger partial charge in [-0.3, -0.25) is 29.3 Å². The number of hydrogen-bond donors (Lipinski definition) is 2. The lowest BCUT2D eigenvalue weighted by atomic mass is 10.1. The third kappa shape index (κ3) is 5.42. The fourth-order valence-electron chi connectivity index (χ4n) is 1.87. The van der Waals surface area contributed by atoms with Gasteiger partial charge in [0.15, 0.2) is 5.83 Å². The molecule has 8 heteroatoms. The maximum Gasteiger partial charge on any atom is 0.243 e. The lowest BCUT2D eigenvalue weighted by Gasteiger charge is -2.19. The molecule has 1 heterocycles. The van der Waals surface area contributed by atoms with Crippen LogP contribution >= 0.6 is 0 Å². The van der Waals surface area contributed by atoms with Gasteiger partial charge in [0.25, 0.3) is 0 Å². The van der Waals surface area contributed by atoms with Crippen molar-refractivity contribution in [2.75, 3.05) is 0 Å². The number of amides is 3. The largest absolute Gasteiger partial charge is 0.291 e. The summed E-state index contributed by atoms with van der Waals surface area (Å²) in [5.41, 5.74) is 1.52. The quantitative estimate of drug-likeness (QED) is 0.315. The smallest absolute Gasteiger partial charge is 0.243 e. The van der Waals surface area contributed by atoms with Gasteiger partial charge in [0.1, 0.15) is 0 Å². The predicted octanol–water partition coefficient (Wildman–Crippen LogP) is 0.971. The lowest BCUT2D eigenvalue weighted by Crippen LogP contribution is -2.37. The van der Waals surface area contributed by atoms with E-state index in [1.165, 1.54) is 5.48 Å². The van der Waals surface area contributed by atoms with Gasteiger partial charge in [-0.25, -0.2) is 9.87 Å². The van der Waals surface area contributed by atoms with E-state index in [0.717, 1.165) is 0 Å². The second kappa shape index (κ2) is 8.25. The molecule has 0 aromatic carbocycles. The molecule has 0 atom stereocenters. The molecular weight excluding hydrogens is 283 g/mol. The first kappa shape index (κ1) is 17.0. The third-order valence-electron chi connectivity index (χ3n) is 3.03. The molecule has 3 amide bonds. The highest BCUT2D eigenvalue weighted by molar-refractivity contribution is 6.13. The standard InChI is InChI=1S/C13H17FN2O5/c14-9-8-16(13(20)7-10(9)17)12(19)6-4-2-1-3-5-11(18)15-21/h8,21H,1-7H2,(H,15,18). The van der Waals surface area contributed by atoms with Crippen LogP contribution in [0.25, 0.3) is 0 Å². The molecule has 1 aliphatic rings. The van der Waals surface area contributed by atoms with E-state index >= 15 is 0 Å². The third-order valence-corrected chi connectivity index (χ3v) is 3.03. The predicted molar refractivity (Wildman–Crippen MR) is 68.3 cm³/mol. The van der Waals surface area contributed by atoms with Crippen LogP contribution in [0.5, 0.6) is 0 Å². The Labute approximate surface area is 120 Å². The number of nitrogens with zero attached hydrogens (tertiary/aromatic N) is 1. The fourth-order valence-corrected chi connectivity index (χ4v) is 1.87. The second-order valence-corrected chi connectivity index (χ2v) is 4.68. The molecule has 1 aliphatic heterocycles. The maximum atomic E-state index is 13.1. The Hall–Kier alpha value is -2.09. The highest BCUT2D eigenvalue weighted by Crippen LogP contribution is 2.16. The zero-order chi connectivity index (χ0) is 15.8. The van der Waals surface area contributed by atoms with E-state index in [1.807, 2.05) is 0 Å². The van der Waals surface area contributed by atoms with Gasteiger partial charge in [0.2, 0.25) is 23.5 Å². The van der Waals surface area contributed by atoms with Crippen LogP contribution in [0.3, 0.4) is 0 Å². The van der Waals surface area contributed by atoms with Crippen LogP contribution in [-0.2, 0) is 19.2 Å². The summed E-state index contributed by atoms with van der Waals surface area (Å²) in [4.78, 5) is 45.5. The highest BCUT2D eigenvalue weighted by atomic mass is 19.1. The first-order chi connectivity index (χ1) is 9.95. The molecule has 0 aliphatic carbocycles. The summed E-state index contributed by atoms with van der Waals surface area (Å²) in [6.07, 6.45) is 2.71. The van der Waals surface area contributed by atoms with E-state index in [2.05, 4.69) is 0 Å². The summed E-state index contributed by atoms with van der Waals surface area (Å²) >= 11 is 0. The lowest BCUT2D eigenvalue weighted by molar-refractivity contribution is -0.144. The number of ketones is 1. The van der Waals surface area contributed by atoms with Crippen LogP contribution in [0.2, 0.25) is 0 Å². The van der Waals surface area contributed by atoms with Crippen LogP contribution < -0.4 is 5.48 Å². The first-order valence-corrected chi connectivity index (χ1v) is 6.64. The number of Topliss-reactive ketones (excluding diaryl/α,β-unsaturated/α-hetero) is 1. The summed E-state index contributed by atoms with van der Waals surface area (Å²) in [7, 11) is 0. The molecule has 0 aromatic heterocycles. The number of hydrogen-bond acceptors (Lipinski definition) is 5. The SMILES string of the molecule is O=C(CCCCCCC(=O)N1C=C(F)C(=O)CC1=O)NO. The number of rotatable bonds is 7. The molecule has 0 saturated carbocycles. The summed E-state index contributed by atoms with van der Waals surface area (Å²) in [6.45, 7) is 0. The zero-order valence-electron chi connectivity index (χ0n) is 11.4. The molecule has 0 unspecified atom stereocenters. The van der Waals surface area contributed by atoms with Crippen molar-refractivity contribution in [3.63, 3.8) is 0 Å². The molecule has 2 N–H and O–H groups in total. The minimum Gasteiger partial charge on any atom is -0.291 e. The van der Waals surface area contributed by atoms with Crippen LogP contribution in [0.4, 0.5) is 4.39 Å². The number of hydroxylamine groups is 1. The van der Waals surface area contributed by atoms with Gasteiger partial charge >= 0.3 is 0 Å². The van der Waals surface area contributed by atoms with Crippen molar-refractivity contribution in [2.45, 2.75) is 44.9 Å². The Kier molecular flexibility index (Phi) is 6.67. The monoisotopic (exact) mass is 300 g/mol. The van der Waals surface area contributed by atoms with Gasteiger partial charge in [-0.15, -0.1) is 0 Å². The number of halogens is 1. The fraction of sp³-hybridized carbons (Fsp3) is 0.538. The number of nitrogens with one attached hydrogen (secondary N) is 1. The molecular formula is C13H17FN2O5. The first-order valence-electron chi connectivity index (χ1n) is 6.64. The maximum absolute atomic E-state index is 13.1. The zero-order valence-corrected chi connectivity index (χ0v) is 11.4. The molecule has 1 rings (SSSR count). The van der Waals surface area contributed by atoms with Crippen LogP contribution in [-0.4, -0.2) is 33.6 Å². The van der Waals surface area contributed by atoms with Crippen LogP contribution in [0, 0.1) is 0 Å². The van der Waals surface area contributed by atoms with Gasteiger partial charge in [-0.2, -0.15) is 0 Å². The average molecular weight is 300 g/mol. The summed E-state index contributed by atoms with van der Waals surface area (Å²) in [5.74, 6) is -3.72. The minimum atomic E-state index is -1.09. The van der Waals surface area contributed by atoms with Crippen molar-refractivity contribution in [1.82, 2.24) is 10.4 Å². The second-order valence-electron chi connectivity index (χ2n) is 4.68. The average Bonchev–Trinajstić information content (AvgIpc) is 2.45. The van der Waals surface area contributed by atoms with E-state index in [0.29, 0.717) is 36.8 Å². The van der Waals surface area contributed by atoms with E-state index < -0.39 is 35.8 Å². The number of unbranched alkanes of at least 4 members (excludes halogenated alkanes) is 3. The van der Waals surface area contributed by atoms with Crippen molar-refractivity contribution < 1.29 is 28.8 Å². The Morgan fingerprint density at radius 1 is 1.19 bits per heavy atom. The van der Waals surface area contributed by atoms with Gasteiger partial charge in [-0.1, -0.05) is 12.8 Å². The Morgan fingerprint density at radius 2 is 1.81 bits per heavy atom. The van der Waals surface area contributed by atoms with Gasteiger partial charge in [0, 0.05) is 12.8 Å². The molecule has 116 valence electrons. The number of carbonyl (C=O) groups is 4. The minimum absolute atomic E-state index is 0.0654. The van der Waals surface area contributed by atoms with Gasteiger partial charge < -0.3 is 0 Å². The normalized spacial score (nSPS) is 15.0. The molecule has 0 fully saturated rings. The molecule has 7 nitrogen and oxygen atoms in total. The van der Waals surface area contributed by atoms with Crippen LogP contribution in [0.15, 0.2) is 12.0 Å². The van der Waals surface area contributed by atoms with Crippen molar-refractivity contribution >= 4 is 23.5 Å². The van der Waals surface area contributed by atoms with Crippen LogP contribution in [0.1, 0.15) is 44.9 Å². The Balaban J connectivity index is 2.26. The van der Waals surface area contributed by atoms with E-state index in [1.54, 1.807) is 0 Å². The molecule has 0 aromatic rings. The molecule has 0 bridgehead atoms. The van der Waals surface area contributed by atoms with Crippen molar-refractivity contribution in [2.24, 2.45) is 0 Å². The molecule has 0 spiro atoms.